The molecule has 1 saturated carbocycles. The van der Waals surface area contributed by atoms with E-state index in [4.69, 9.17) is 5.73 Å². The molecular weight excluding hydrogens is 222 g/mol. The second-order valence-corrected chi connectivity index (χ2v) is 6.67. The maximum absolute atomic E-state index is 6.06. The van der Waals surface area contributed by atoms with Crippen LogP contribution in [0.3, 0.4) is 0 Å². The smallest absolute Gasteiger partial charge is 0.0303 e. The molecule has 2 rings (SSSR count). The summed E-state index contributed by atoms with van der Waals surface area (Å²) in [5, 5.41) is 0. The van der Waals surface area contributed by atoms with Gasteiger partial charge in [-0.3, -0.25) is 4.90 Å². The normalized spacial score (nSPS) is 25.3. The predicted molar refractivity (Wildman–Crippen MR) is 77.7 cm³/mol. The fraction of sp³-hybridized carbons (Fsp3) is 1.00. The molecule has 3 heteroatoms. The van der Waals surface area contributed by atoms with Gasteiger partial charge in [0.05, 0.1) is 0 Å². The molecule has 3 nitrogen and oxygen atoms in total. The maximum Gasteiger partial charge on any atom is 0.0303 e. The average Bonchev–Trinajstić information content (AvgIpc) is 2.83. The Morgan fingerprint density at radius 1 is 1.22 bits per heavy atom. The van der Waals surface area contributed by atoms with Crippen molar-refractivity contribution in [1.29, 1.82) is 0 Å². The summed E-state index contributed by atoms with van der Waals surface area (Å²) in [6.45, 7) is 8.14. The summed E-state index contributed by atoms with van der Waals surface area (Å²) in [4.78, 5) is 5.11. The number of nitrogens with zero attached hydrogens (tertiary/aromatic N) is 2. The topological polar surface area (TPSA) is 32.5 Å². The molecular formula is C15H31N3. The van der Waals surface area contributed by atoms with E-state index in [-0.39, 0.29) is 5.54 Å². The summed E-state index contributed by atoms with van der Waals surface area (Å²) in [5.74, 6) is 0.938. The van der Waals surface area contributed by atoms with Gasteiger partial charge in [0.1, 0.15) is 0 Å². The summed E-state index contributed by atoms with van der Waals surface area (Å²) in [6.07, 6.45) is 8.35. The number of nitrogens with two attached hydrogens (primary N) is 1. The summed E-state index contributed by atoms with van der Waals surface area (Å²) in [6, 6.07) is 0. The molecule has 1 aliphatic carbocycles. The molecule has 0 aromatic rings. The third kappa shape index (κ3) is 3.46. The van der Waals surface area contributed by atoms with Crippen molar-refractivity contribution >= 4 is 0 Å². The van der Waals surface area contributed by atoms with E-state index < -0.39 is 0 Å². The Hall–Kier alpha value is -0.120. The molecule has 1 saturated heterocycles. The van der Waals surface area contributed by atoms with Crippen molar-refractivity contribution < 1.29 is 0 Å². The fourth-order valence-corrected chi connectivity index (χ4v) is 3.28. The lowest BCUT2D eigenvalue weighted by atomic mass is 9.76. The molecule has 106 valence electrons. The Bertz CT molecular complexity index is 246. The Morgan fingerprint density at radius 2 is 1.89 bits per heavy atom. The lowest BCUT2D eigenvalue weighted by molar-refractivity contribution is 0.0834. The summed E-state index contributed by atoms with van der Waals surface area (Å²) >= 11 is 0. The second kappa shape index (κ2) is 6.36. The first kappa shape index (κ1) is 14.3. The molecule has 0 bridgehead atoms. The highest BCUT2D eigenvalue weighted by atomic mass is 15.2. The van der Waals surface area contributed by atoms with Crippen LogP contribution in [0.5, 0.6) is 0 Å². The molecule has 2 aliphatic rings. The first-order valence-corrected chi connectivity index (χ1v) is 7.78. The highest BCUT2D eigenvalue weighted by Crippen LogP contribution is 2.35. The zero-order valence-electron chi connectivity index (χ0n) is 12.3. The summed E-state index contributed by atoms with van der Waals surface area (Å²) in [5.41, 5.74) is 6.28. The highest BCUT2D eigenvalue weighted by molar-refractivity contribution is 4.90. The fourth-order valence-electron chi connectivity index (χ4n) is 3.28. The van der Waals surface area contributed by atoms with Gasteiger partial charge in [0.25, 0.3) is 0 Å². The largest absolute Gasteiger partial charge is 0.329 e. The van der Waals surface area contributed by atoms with Crippen molar-refractivity contribution in [2.45, 2.75) is 51.0 Å². The molecule has 0 radical (unpaired) electrons. The lowest BCUT2D eigenvalue weighted by Crippen LogP contribution is -2.53. The molecule has 2 fully saturated rings. The van der Waals surface area contributed by atoms with Gasteiger partial charge in [0.15, 0.2) is 0 Å². The molecule has 18 heavy (non-hydrogen) atoms. The molecule has 0 aromatic heterocycles. The minimum Gasteiger partial charge on any atom is -0.329 e. The minimum absolute atomic E-state index is 0.213. The minimum atomic E-state index is 0.213. The van der Waals surface area contributed by atoms with E-state index >= 15 is 0 Å². The van der Waals surface area contributed by atoms with Crippen LogP contribution in [0.2, 0.25) is 0 Å². The van der Waals surface area contributed by atoms with Gasteiger partial charge >= 0.3 is 0 Å². The van der Waals surface area contributed by atoms with Crippen LogP contribution in [0.1, 0.15) is 45.4 Å². The molecule has 1 atom stereocenters. The lowest BCUT2D eigenvalue weighted by Gasteiger charge is -2.43. The van der Waals surface area contributed by atoms with Gasteiger partial charge in [-0.1, -0.05) is 19.3 Å². The van der Waals surface area contributed by atoms with Crippen LogP contribution >= 0.6 is 0 Å². The molecule has 0 amide bonds. The van der Waals surface area contributed by atoms with E-state index in [0.29, 0.717) is 0 Å². The average molecular weight is 253 g/mol. The van der Waals surface area contributed by atoms with Gasteiger partial charge < -0.3 is 10.6 Å². The molecule has 1 heterocycles. The molecule has 0 spiro atoms. The predicted octanol–water partition coefficient (Wildman–Crippen LogP) is 1.92. The summed E-state index contributed by atoms with van der Waals surface area (Å²) < 4.78 is 0. The van der Waals surface area contributed by atoms with Crippen LogP contribution in [0.4, 0.5) is 0 Å². The van der Waals surface area contributed by atoms with Gasteiger partial charge in [-0.25, -0.2) is 0 Å². The van der Waals surface area contributed by atoms with Crippen LogP contribution in [-0.2, 0) is 0 Å². The van der Waals surface area contributed by atoms with Crippen molar-refractivity contribution in [2.75, 3.05) is 39.8 Å². The Labute approximate surface area is 113 Å². The van der Waals surface area contributed by atoms with E-state index in [0.717, 1.165) is 12.5 Å². The third-order valence-corrected chi connectivity index (χ3v) is 5.26. The van der Waals surface area contributed by atoms with E-state index in [1.54, 1.807) is 0 Å². The van der Waals surface area contributed by atoms with Crippen LogP contribution in [0, 0.1) is 5.92 Å². The van der Waals surface area contributed by atoms with E-state index in [2.05, 4.69) is 23.8 Å². The van der Waals surface area contributed by atoms with E-state index in [1.807, 2.05) is 0 Å². The van der Waals surface area contributed by atoms with E-state index in [1.165, 1.54) is 64.7 Å². The summed E-state index contributed by atoms with van der Waals surface area (Å²) in [7, 11) is 2.27. The molecule has 2 N–H and O–H groups in total. The van der Waals surface area contributed by atoms with Crippen LogP contribution in [0.15, 0.2) is 0 Å². The van der Waals surface area contributed by atoms with Gasteiger partial charge in [-0.05, 0) is 52.2 Å². The van der Waals surface area contributed by atoms with Crippen LogP contribution < -0.4 is 5.73 Å². The van der Waals surface area contributed by atoms with E-state index in [9.17, 15) is 0 Å². The first-order valence-electron chi connectivity index (χ1n) is 7.78. The van der Waals surface area contributed by atoms with Crippen LogP contribution in [-0.4, -0.2) is 55.1 Å². The van der Waals surface area contributed by atoms with Crippen molar-refractivity contribution in [1.82, 2.24) is 9.80 Å². The quantitative estimate of drug-likeness (QED) is 0.752. The number of likely N-dealkylation sites (N-methyl/N-ethyl adjacent to an activating group) is 1. The number of hydrogen-bond acceptors (Lipinski definition) is 3. The molecule has 0 aromatic carbocycles. The molecule has 1 unspecified atom stereocenters. The Balaban J connectivity index is 1.77. The highest BCUT2D eigenvalue weighted by Gasteiger charge is 2.33. The standard InChI is InChI=1S/C15H31N3/c1-15(13-16,12-14-6-5-7-14)17(2)10-11-18-8-3-4-9-18/h14H,3-13,16H2,1-2H3. The van der Waals surface area contributed by atoms with Gasteiger partial charge in [0, 0.05) is 25.2 Å². The van der Waals surface area contributed by atoms with Crippen molar-refractivity contribution in [3.05, 3.63) is 0 Å². The first-order chi connectivity index (χ1) is 8.64. The molecule has 1 aliphatic heterocycles. The second-order valence-electron chi connectivity index (χ2n) is 6.67. The zero-order chi connectivity index (χ0) is 13.0. The third-order valence-electron chi connectivity index (χ3n) is 5.26. The van der Waals surface area contributed by atoms with Crippen molar-refractivity contribution in [2.24, 2.45) is 11.7 Å². The number of likely N-dealkylation sites (tertiary alicyclic amines) is 1. The van der Waals surface area contributed by atoms with Crippen molar-refractivity contribution in [3.8, 4) is 0 Å². The zero-order valence-corrected chi connectivity index (χ0v) is 12.3. The number of rotatable bonds is 7. The SMILES string of the molecule is CN(CCN1CCCC1)C(C)(CN)CC1CCC1. The Morgan fingerprint density at radius 3 is 2.39 bits per heavy atom. The van der Waals surface area contributed by atoms with Gasteiger partial charge in [0.2, 0.25) is 0 Å². The Kier molecular flexibility index (Phi) is 5.05. The van der Waals surface area contributed by atoms with Gasteiger partial charge in [-0.15, -0.1) is 0 Å². The van der Waals surface area contributed by atoms with Gasteiger partial charge in [-0.2, -0.15) is 0 Å². The maximum atomic E-state index is 6.06. The number of hydrogen-bond donors (Lipinski definition) is 1. The van der Waals surface area contributed by atoms with Crippen molar-refractivity contribution in [3.63, 3.8) is 0 Å². The van der Waals surface area contributed by atoms with Crippen LogP contribution in [0.25, 0.3) is 0 Å². The monoisotopic (exact) mass is 253 g/mol.